The minimum atomic E-state index is -1.57. The van der Waals surface area contributed by atoms with E-state index in [1.54, 1.807) is 66.7 Å². The highest BCUT2D eigenvalue weighted by Crippen LogP contribution is 2.61. The summed E-state index contributed by atoms with van der Waals surface area (Å²) in [4.78, 5) is 45.8. The summed E-state index contributed by atoms with van der Waals surface area (Å²) in [5.74, 6) is -1.63. The van der Waals surface area contributed by atoms with E-state index < -0.39 is 23.4 Å². The quantitative estimate of drug-likeness (QED) is 0.198. The van der Waals surface area contributed by atoms with Gasteiger partial charge < -0.3 is 4.90 Å². The first kappa shape index (κ1) is 24.1. The molecule has 1 fully saturated rings. The van der Waals surface area contributed by atoms with E-state index in [9.17, 15) is 14.4 Å². The molecule has 4 aromatic rings. The molecule has 0 amide bonds. The van der Waals surface area contributed by atoms with E-state index in [1.165, 1.54) is 0 Å². The molecule has 0 N–H and O–H groups in total. The minimum absolute atomic E-state index is 0.255. The van der Waals surface area contributed by atoms with Crippen LogP contribution >= 0.6 is 23.2 Å². The lowest BCUT2D eigenvalue weighted by molar-refractivity contribution is 0.0666. The molecule has 2 aliphatic heterocycles. The third kappa shape index (κ3) is 3.22. The fourth-order valence-corrected chi connectivity index (χ4v) is 7.24. The molecule has 3 aliphatic rings. The summed E-state index contributed by atoms with van der Waals surface area (Å²) >= 11 is 13.0. The number of halogens is 2. The number of ketones is 3. The van der Waals surface area contributed by atoms with Crippen molar-refractivity contribution >= 4 is 52.3 Å². The van der Waals surface area contributed by atoms with E-state index >= 15 is 0 Å². The van der Waals surface area contributed by atoms with Crippen molar-refractivity contribution in [1.82, 2.24) is 0 Å². The van der Waals surface area contributed by atoms with Gasteiger partial charge in [-0.3, -0.25) is 14.4 Å². The van der Waals surface area contributed by atoms with Gasteiger partial charge in [-0.15, -0.1) is 0 Å². The number of para-hydroxylation sites is 1. The number of Topliss-reactive ketones (excluding diaryl/α,β-unsaturated/α-hetero) is 3. The maximum atomic E-state index is 14.6. The van der Waals surface area contributed by atoms with Gasteiger partial charge in [0.2, 0.25) is 0 Å². The second-order valence-corrected chi connectivity index (χ2v) is 11.0. The molecular formula is C33H21Cl2NO3. The van der Waals surface area contributed by atoms with Crippen molar-refractivity contribution in [1.29, 1.82) is 0 Å². The Morgan fingerprint density at radius 2 is 1.44 bits per heavy atom. The van der Waals surface area contributed by atoms with E-state index in [0.717, 1.165) is 11.3 Å². The molecule has 0 bridgehead atoms. The summed E-state index contributed by atoms with van der Waals surface area (Å²) in [5.41, 5.74) is 1.89. The predicted molar refractivity (Wildman–Crippen MR) is 153 cm³/mol. The molecule has 0 radical (unpaired) electrons. The van der Waals surface area contributed by atoms with Crippen molar-refractivity contribution in [2.75, 3.05) is 4.90 Å². The fraction of sp³-hybridized carbons (Fsp3) is 0.121. The van der Waals surface area contributed by atoms with Crippen LogP contribution in [0.5, 0.6) is 0 Å². The number of nitrogens with zero attached hydrogens (tertiary/aromatic N) is 1. The van der Waals surface area contributed by atoms with Gasteiger partial charge in [-0.2, -0.15) is 0 Å². The van der Waals surface area contributed by atoms with Gasteiger partial charge in [0.15, 0.2) is 17.3 Å². The van der Waals surface area contributed by atoms with Crippen molar-refractivity contribution in [3.63, 3.8) is 0 Å². The van der Waals surface area contributed by atoms with Crippen LogP contribution in [0.2, 0.25) is 10.0 Å². The molecule has 0 aromatic heterocycles. The first-order valence-electron chi connectivity index (χ1n) is 12.7. The van der Waals surface area contributed by atoms with Crippen LogP contribution in [0.15, 0.2) is 103 Å². The van der Waals surface area contributed by atoms with Crippen molar-refractivity contribution in [3.8, 4) is 0 Å². The van der Waals surface area contributed by atoms with Crippen molar-refractivity contribution in [3.05, 3.63) is 141 Å². The van der Waals surface area contributed by atoms with Gasteiger partial charge in [0.25, 0.3) is 0 Å². The summed E-state index contributed by atoms with van der Waals surface area (Å²) < 4.78 is 0. The van der Waals surface area contributed by atoms with E-state index in [4.69, 9.17) is 23.2 Å². The van der Waals surface area contributed by atoms with Gasteiger partial charge in [-0.25, -0.2) is 0 Å². The van der Waals surface area contributed by atoms with Crippen molar-refractivity contribution < 1.29 is 14.4 Å². The highest BCUT2D eigenvalue weighted by molar-refractivity contribution is 6.35. The topological polar surface area (TPSA) is 54.5 Å². The largest absolute Gasteiger partial charge is 0.352 e. The van der Waals surface area contributed by atoms with Crippen LogP contribution in [0.25, 0.3) is 6.08 Å². The first-order chi connectivity index (χ1) is 18.9. The lowest BCUT2D eigenvalue weighted by Gasteiger charge is -2.37. The van der Waals surface area contributed by atoms with Gasteiger partial charge in [0.05, 0.1) is 11.1 Å². The van der Waals surface area contributed by atoms with Crippen molar-refractivity contribution in [2.24, 2.45) is 5.41 Å². The predicted octanol–water partition coefficient (Wildman–Crippen LogP) is 7.31. The molecule has 0 saturated carbocycles. The Labute approximate surface area is 235 Å². The number of hydrogen-bond donors (Lipinski definition) is 0. The number of rotatable bonds is 3. The smallest absolute Gasteiger partial charge is 0.187 e. The van der Waals surface area contributed by atoms with E-state index in [-0.39, 0.29) is 17.3 Å². The molecule has 2 heterocycles. The SMILES string of the molecule is O=C(c1ccccc1Cl)[C@H]1[C@H](c2cccc(Cl)c2)C2(C(=O)c3ccccc3C2=O)[C@@H]2C=Cc3ccccc3N21. The minimum Gasteiger partial charge on any atom is -0.352 e. The lowest BCUT2D eigenvalue weighted by atomic mass is 9.64. The van der Waals surface area contributed by atoms with Gasteiger partial charge in [0, 0.05) is 33.3 Å². The van der Waals surface area contributed by atoms with Crippen LogP contribution in [0.4, 0.5) is 5.69 Å². The molecular weight excluding hydrogens is 529 g/mol. The highest BCUT2D eigenvalue weighted by atomic mass is 35.5. The first-order valence-corrected chi connectivity index (χ1v) is 13.5. The van der Waals surface area contributed by atoms with Crippen LogP contribution in [-0.4, -0.2) is 29.4 Å². The zero-order valence-corrected chi connectivity index (χ0v) is 22.1. The van der Waals surface area contributed by atoms with E-state index in [1.807, 2.05) is 47.4 Å². The Morgan fingerprint density at radius 3 is 2.15 bits per heavy atom. The molecule has 39 heavy (non-hydrogen) atoms. The van der Waals surface area contributed by atoms with E-state index in [2.05, 4.69) is 0 Å². The monoisotopic (exact) mass is 549 g/mol. The van der Waals surface area contributed by atoms with Gasteiger partial charge in [0.1, 0.15) is 11.5 Å². The molecule has 1 aliphatic carbocycles. The van der Waals surface area contributed by atoms with Gasteiger partial charge in [-0.1, -0.05) is 102 Å². The van der Waals surface area contributed by atoms with Crippen LogP contribution in [0.1, 0.15) is 48.1 Å². The third-order valence-electron chi connectivity index (χ3n) is 8.33. The molecule has 1 spiro atoms. The lowest BCUT2D eigenvalue weighted by Crippen LogP contribution is -2.48. The average molecular weight is 550 g/mol. The summed E-state index contributed by atoms with van der Waals surface area (Å²) in [6.07, 6.45) is 3.85. The second kappa shape index (κ2) is 8.77. The Kier molecular flexibility index (Phi) is 5.41. The molecule has 4 nitrogen and oxygen atoms in total. The van der Waals surface area contributed by atoms with Crippen LogP contribution in [-0.2, 0) is 0 Å². The summed E-state index contributed by atoms with van der Waals surface area (Å²) in [7, 11) is 0. The summed E-state index contributed by atoms with van der Waals surface area (Å²) in [5, 5.41) is 0.779. The molecule has 1 saturated heterocycles. The maximum Gasteiger partial charge on any atom is 0.187 e. The standard InChI is InChI=1S/C33H21Cl2NO3/c34-21-10-7-9-20(18-21)28-29(30(37)24-13-4-5-14-25(24)35)36-26-15-6-1-8-19(26)16-17-27(36)33(28)31(38)22-11-2-3-12-23(22)32(33)39/h1-18,27-29H/t27-,28-,29+/m0/s1. The summed E-state index contributed by atoms with van der Waals surface area (Å²) in [6.45, 7) is 0. The van der Waals surface area contributed by atoms with Crippen LogP contribution in [0, 0.1) is 5.41 Å². The van der Waals surface area contributed by atoms with E-state index in [0.29, 0.717) is 32.3 Å². The summed E-state index contributed by atoms with van der Waals surface area (Å²) in [6, 6.07) is 27.1. The Bertz CT molecular complexity index is 1710. The Balaban J connectivity index is 1.57. The highest BCUT2D eigenvalue weighted by Gasteiger charge is 2.71. The zero-order valence-electron chi connectivity index (χ0n) is 20.6. The number of hydrogen-bond acceptors (Lipinski definition) is 4. The number of benzene rings is 4. The van der Waals surface area contributed by atoms with Gasteiger partial charge in [-0.05, 0) is 41.5 Å². The number of carbonyl (C=O) groups is 3. The fourth-order valence-electron chi connectivity index (χ4n) is 6.81. The molecule has 6 heteroatoms. The van der Waals surface area contributed by atoms with Gasteiger partial charge >= 0.3 is 0 Å². The van der Waals surface area contributed by atoms with Crippen LogP contribution in [0.3, 0.4) is 0 Å². The molecule has 3 atom stereocenters. The average Bonchev–Trinajstić information content (AvgIpc) is 3.39. The van der Waals surface area contributed by atoms with Crippen LogP contribution < -0.4 is 4.90 Å². The third-order valence-corrected chi connectivity index (χ3v) is 8.89. The molecule has 0 unspecified atom stereocenters. The number of anilines is 1. The molecule has 190 valence electrons. The number of carbonyl (C=O) groups excluding carboxylic acids is 3. The van der Waals surface area contributed by atoms with Crippen molar-refractivity contribution in [2.45, 2.75) is 18.0 Å². The Morgan fingerprint density at radius 1 is 0.769 bits per heavy atom. The maximum absolute atomic E-state index is 14.6. The molecule has 7 rings (SSSR count). The normalized spacial score (nSPS) is 22.1. The zero-order chi connectivity index (χ0) is 26.9. The number of fused-ring (bicyclic) bond motifs is 5. The second-order valence-electron chi connectivity index (χ2n) is 10.2. The Hall–Kier alpha value is -3.99. The molecule has 4 aromatic carbocycles.